The molecule has 114 valence electrons. The lowest BCUT2D eigenvalue weighted by atomic mass is 9.91. The highest BCUT2D eigenvalue weighted by Gasteiger charge is 2.32. The lowest BCUT2D eigenvalue weighted by Gasteiger charge is -2.25. The third kappa shape index (κ3) is 4.18. The van der Waals surface area contributed by atoms with Crippen molar-refractivity contribution >= 4 is 0 Å². The second kappa shape index (κ2) is 7.04. The molecule has 0 aromatic heterocycles. The SMILES string of the molecule is CNC(c1cc(C(F)(F)F)ccc1F)C(C)CCOC. The Labute approximate surface area is 116 Å². The molecular weight excluding hydrogens is 274 g/mol. The van der Waals surface area contributed by atoms with E-state index in [2.05, 4.69) is 5.32 Å². The molecule has 0 aliphatic rings. The van der Waals surface area contributed by atoms with Crippen molar-refractivity contribution in [2.75, 3.05) is 20.8 Å². The van der Waals surface area contributed by atoms with Crippen LogP contribution in [0.1, 0.15) is 30.5 Å². The van der Waals surface area contributed by atoms with Crippen molar-refractivity contribution in [3.05, 3.63) is 35.1 Å². The summed E-state index contributed by atoms with van der Waals surface area (Å²) in [6, 6.07) is 2.00. The fraction of sp³-hybridized carbons (Fsp3) is 0.571. The lowest BCUT2D eigenvalue weighted by molar-refractivity contribution is -0.137. The Morgan fingerprint density at radius 3 is 2.45 bits per heavy atom. The van der Waals surface area contributed by atoms with E-state index in [0.29, 0.717) is 13.0 Å². The van der Waals surface area contributed by atoms with Gasteiger partial charge in [-0.2, -0.15) is 13.2 Å². The Balaban J connectivity index is 3.08. The van der Waals surface area contributed by atoms with E-state index in [1.165, 1.54) is 0 Å². The highest BCUT2D eigenvalue weighted by molar-refractivity contribution is 5.30. The molecule has 1 rings (SSSR count). The molecule has 2 unspecified atom stereocenters. The van der Waals surface area contributed by atoms with E-state index in [4.69, 9.17) is 4.74 Å². The topological polar surface area (TPSA) is 21.3 Å². The van der Waals surface area contributed by atoms with Crippen molar-refractivity contribution in [3.8, 4) is 0 Å². The first-order valence-corrected chi connectivity index (χ1v) is 6.34. The zero-order chi connectivity index (χ0) is 15.3. The average molecular weight is 293 g/mol. The third-order valence-electron chi connectivity index (χ3n) is 3.32. The summed E-state index contributed by atoms with van der Waals surface area (Å²) in [7, 11) is 3.15. The van der Waals surface area contributed by atoms with Gasteiger partial charge in [-0.25, -0.2) is 4.39 Å². The summed E-state index contributed by atoms with van der Waals surface area (Å²) in [6.45, 7) is 2.32. The standard InChI is InChI=1S/C14H19F4NO/c1-9(6-7-20-3)13(19-2)11-8-10(14(16,17)18)4-5-12(11)15/h4-5,8-9,13,19H,6-7H2,1-3H3. The summed E-state index contributed by atoms with van der Waals surface area (Å²) < 4.78 is 56.9. The van der Waals surface area contributed by atoms with Gasteiger partial charge in [0.2, 0.25) is 0 Å². The van der Waals surface area contributed by atoms with Crippen LogP contribution < -0.4 is 5.32 Å². The average Bonchev–Trinajstić information content (AvgIpc) is 2.38. The molecular formula is C14H19F4NO. The summed E-state index contributed by atoms with van der Waals surface area (Å²) in [5.74, 6) is -0.695. The smallest absolute Gasteiger partial charge is 0.385 e. The largest absolute Gasteiger partial charge is 0.416 e. The highest BCUT2D eigenvalue weighted by atomic mass is 19.4. The van der Waals surface area contributed by atoms with Crippen LogP contribution in [0.2, 0.25) is 0 Å². The number of halogens is 4. The lowest BCUT2D eigenvalue weighted by Crippen LogP contribution is -2.26. The number of alkyl halides is 3. The predicted octanol–water partition coefficient (Wildman–Crippen LogP) is 3.78. The van der Waals surface area contributed by atoms with Crippen LogP contribution in [0.5, 0.6) is 0 Å². The maximum absolute atomic E-state index is 13.8. The first-order valence-electron chi connectivity index (χ1n) is 6.34. The van der Waals surface area contributed by atoms with Crippen LogP contribution in [0.3, 0.4) is 0 Å². The van der Waals surface area contributed by atoms with Gasteiger partial charge in [0.1, 0.15) is 5.82 Å². The number of hydrogen-bond donors (Lipinski definition) is 1. The fourth-order valence-electron chi connectivity index (χ4n) is 2.18. The molecule has 0 spiro atoms. The highest BCUT2D eigenvalue weighted by Crippen LogP contribution is 2.34. The minimum atomic E-state index is -4.48. The van der Waals surface area contributed by atoms with E-state index in [-0.39, 0.29) is 11.5 Å². The van der Waals surface area contributed by atoms with Gasteiger partial charge in [0.15, 0.2) is 0 Å². The van der Waals surface area contributed by atoms with E-state index >= 15 is 0 Å². The molecule has 20 heavy (non-hydrogen) atoms. The molecule has 0 fully saturated rings. The minimum Gasteiger partial charge on any atom is -0.385 e. The Kier molecular flexibility index (Phi) is 5.95. The molecule has 1 N–H and O–H groups in total. The van der Waals surface area contributed by atoms with Crippen molar-refractivity contribution in [1.82, 2.24) is 5.32 Å². The summed E-state index contributed by atoms with van der Waals surface area (Å²) in [5, 5.41) is 2.88. The number of ether oxygens (including phenoxy) is 1. The Bertz CT molecular complexity index is 434. The van der Waals surface area contributed by atoms with E-state index in [1.54, 1.807) is 14.2 Å². The van der Waals surface area contributed by atoms with Crippen LogP contribution >= 0.6 is 0 Å². The summed E-state index contributed by atoms with van der Waals surface area (Å²) in [4.78, 5) is 0. The van der Waals surface area contributed by atoms with Gasteiger partial charge in [0, 0.05) is 25.3 Å². The molecule has 6 heteroatoms. The van der Waals surface area contributed by atoms with E-state index in [1.807, 2.05) is 6.92 Å². The maximum Gasteiger partial charge on any atom is 0.416 e. The summed E-state index contributed by atoms with van der Waals surface area (Å²) >= 11 is 0. The van der Waals surface area contributed by atoms with Gasteiger partial charge in [-0.1, -0.05) is 6.92 Å². The third-order valence-corrected chi connectivity index (χ3v) is 3.32. The molecule has 0 saturated heterocycles. The predicted molar refractivity (Wildman–Crippen MR) is 68.9 cm³/mol. The molecule has 1 aromatic rings. The monoisotopic (exact) mass is 293 g/mol. The van der Waals surface area contributed by atoms with Crippen molar-refractivity contribution in [1.29, 1.82) is 0 Å². The summed E-state index contributed by atoms with van der Waals surface area (Å²) in [5.41, 5.74) is -0.806. The molecule has 0 aliphatic heterocycles. The number of methoxy groups -OCH3 is 1. The van der Waals surface area contributed by atoms with Crippen LogP contribution in [0, 0.1) is 11.7 Å². The van der Waals surface area contributed by atoms with Crippen LogP contribution in [-0.2, 0) is 10.9 Å². The van der Waals surface area contributed by atoms with Crippen LogP contribution in [0.4, 0.5) is 17.6 Å². The zero-order valence-electron chi connectivity index (χ0n) is 11.7. The van der Waals surface area contributed by atoms with Gasteiger partial charge in [-0.15, -0.1) is 0 Å². The molecule has 0 radical (unpaired) electrons. The van der Waals surface area contributed by atoms with Crippen molar-refractivity contribution in [2.24, 2.45) is 5.92 Å². The maximum atomic E-state index is 13.8. The molecule has 0 saturated carbocycles. The van der Waals surface area contributed by atoms with Crippen LogP contribution in [0.25, 0.3) is 0 Å². The van der Waals surface area contributed by atoms with E-state index < -0.39 is 23.6 Å². The minimum absolute atomic E-state index is 0.0333. The van der Waals surface area contributed by atoms with Crippen molar-refractivity contribution < 1.29 is 22.3 Å². The second-order valence-electron chi connectivity index (χ2n) is 4.76. The first kappa shape index (κ1) is 16.9. The molecule has 0 bridgehead atoms. The number of nitrogens with one attached hydrogen (secondary N) is 1. The van der Waals surface area contributed by atoms with Gasteiger partial charge in [0.05, 0.1) is 5.56 Å². The van der Waals surface area contributed by atoms with Gasteiger partial charge >= 0.3 is 6.18 Å². The molecule has 2 nitrogen and oxygen atoms in total. The van der Waals surface area contributed by atoms with E-state index in [0.717, 1.165) is 18.2 Å². The van der Waals surface area contributed by atoms with Gasteiger partial charge in [0.25, 0.3) is 0 Å². The molecule has 0 aliphatic carbocycles. The Morgan fingerprint density at radius 1 is 1.30 bits per heavy atom. The quantitative estimate of drug-likeness (QED) is 0.806. The number of benzene rings is 1. The van der Waals surface area contributed by atoms with Crippen LogP contribution in [0.15, 0.2) is 18.2 Å². The molecule has 0 amide bonds. The second-order valence-corrected chi connectivity index (χ2v) is 4.76. The number of rotatable bonds is 6. The Hall–Kier alpha value is -1.14. The van der Waals surface area contributed by atoms with Crippen LogP contribution in [-0.4, -0.2) is 20.8 Å². The summed E-state index contributed by atoms with van der Waals surface area (Å²) in [6.07, 6.45) is -3.85. The molecule has 0 heterocycles. The van der Waals surface area contributed by atoms with Gasteiger partial charge < -0.3 is 10.1 Å². The molecule has 1 aromatic carbocycles. The number of hydrogen-bond acceptors (Lipinski definition) is 2. The Morgan fingerprint density at radius 2 is 1.95 bits per heavy atom. The van der Waals surface area contributed by atoms with Crippen molar-refractivity contribution in [2.45, 2.75) is 25.6 Å². The molecule has 2 atom stereocenters. The zero-order valence-corrected chi connectivity index (χ0v) is 11.7. The first-order chi connectivity index (χ1) is 9.31. The van der Waals surface area contributed by atoms with E-state index in [9.17, 15) is 17.6 Å². The van der Waals surface area contributed by atoms with Crippen molar-refractivity contribution in [3.63, 3.8) is 0 Å². The van der Waals surface area contributed by atoms with Gasteiger partial charge in [-0.05, 0) is 37.6 Å². The normalized spacial score (nSPS) is 15.2. The van der Waals surface area contributed by atoms with Gasteiger partial charge in [-0.3, -0.25) is 0 Å². The fourth-order valence-corrected chi connectivity index (χ4v) is 2.18.